The van der Waals surface area contributed by atoms with Gasteiger partial charge >= 0.3 is 5.97 Å². The fourth-order valence-electron chi connectivity index (χ4n) is 2.52. The molecule has 0 aliphatic carbocycles. The molecule has 3 rings (SSSR count). The molecule has 0 bridgehead atoms. The van der Waals surface area contributed by atoms with Crippen LogP contribution < -0.4 is 5.32 Å². The van der Waals surface area contributed by atoms with Crippen molar-refractivity contribution in [3.63, 3.8) is 0 Å². The molecule has 4 nitrogen and oxygen atoms in total. The summed E-state index contributed by atoms with van der Waals surface area (Å²) in [6.45, 7) is -0.165. The van der Waals surface area contributed by atoms with Crippen molar-refractivity contribution in [1.29, 1.82) is 0 Å². The van der Waals surface area contributed by atoms with E-state index >= 15 is 0 Å². The summed E-state index contributed by atoms with van der Waals surface area (Å²) in [6, 6.07) is 22.9. The monoisotopic (exact) mass is 363 g/mol. The van der Waals surface area contributed by atoms with Crippen molar-refractivity contribution in [1.82, 2.24) is 5.32 Å². The van der Waals surface area contributed by atoms with Crippen LogP contribution in [0.1, 0.15) is 15.9 Å². The van der Waals surface area contributed by atoms with E-state index < -0.39 is 17.7 Å². The van der Waals surface area contributed by atoms with E-state index in [9.17, 15) is 14.0 Å². The number of carbonyl (C=O) groups is 2. The van der Waals surface area contributed by atoms with Gasteiger partial charge in [-0.1, -0.05) is 60.7 Å². The Morgan fingerprint density at radius 2 is 1.56 bits per heavy atom. The van der Waals surface area contributed by atoms with E-state index in [0.717, 1.165) is 22.8 Å². The number of nitrogens with one attached hydrogen (secondary N) is 1. The Balaban J connectivity index is 1.47. The Morgan fingerprint density at radius 1 is 0.852 bits per heavy atom. The molecule has 0 saturated carbocycles. The van der Waals surface area contributed by atoms with Gasteiger partial charge in [0, 0.05) is 5.56 Å². The van der Waals surface area contributed by atoms with Crippen LogP contribution in [0.5, 0.6) is 0 Å². The fourth-order valence-corrected chi connectivity index (χ4v) is 2.52. The van der Waals surface area contributed by atoms with Gasteiger partial charge in [0.2, 0.25) is 0 Å². The van der Waals surface area contributed by atoms with Crippen molar-refractivity contribution in [2.24, 2.45) is 0 Å². The van der Waals surface area contributed by atoms with E-state index in [-0.39, 0.29) is 18.7 Å². The molecule has 0 aliphatic rings. The van der Waals surface area contributed by atoms with E-state index in [2.05, 4.69) is 5.32 Å². The molecule has 0 saturated heterocycles. The number of amides is 1. The second-order valence-electron chi connectivity index (χ2n) is 5.92. The Bertz CT molecular complexity index is 924. The highest BCUT2D eigenvalue weighted by Crippen LogP contribution is 2.19. The normalized spacial score (nSPS) is 10.3. The van der Waals surface area contributed by atoms with E-state index in [4.69, 9.17) is 4.74 Å². The summed E-state index contributed by atoms with van der Waals surface area (Å²) >= 11 is 0. The van der Waals surface area contributed by atoms with E-state index in [1.54, 1.807) is 0 Å². The number of hydrogen-bond donors (Lipinski definition) is 1. The quantitative estimate of drug-likeness (QED) is 0.675. The van der Waals surface area contributed by atoms with Crippen molar-refractivity contribution in [3.8, 4) is 11.1 Å². The molecule has 0 fully saturated rings. The fraction of sp³-hybridized carbons (Fsp3) is 0.0909. The lowest BCUT2D eigenvalue weighted by molar-refractivity contribution is -0.143. The molecule has 0 heterocycles. The molecule has 27 heavy (non-hydrogen) atoms. The standard InChI is InChI=1S/C22H18FNO3/c23-20-8-4-7-19(13-20)22(26)24-14-21(25)27-15-16-9-11-18(12-10-16)17-5-2-1-3-6-17/h1-13H,14-15H2,(H,24,26). The Hall–Kier alpha value is -3.47. The molecule has 0 spiro atoms. The van der Waals surface area contributed by atoms with Crippen LogP contribution in [0.25, 0.3) is 11.1 Å². The summed E-state index contributed by atoms with van der Waals surface area (Å²) in [5.74, 6) is -1.60. The molecule has 1 N–H and O–H groups in total. The summed E-state index contributed by atoms with van der Waals surface area (Å²) in [7, 11) is 0. The second-order valence-corrected chi connectivity index (χ2v) is 5.92. The highest BCUT2D eigenvalue weighted by molar-refractivity contribution is 5.95. The summed E-state index contributed by atoms with van der Waals surface area (Å²) in [6.07, 6.45) is 0. The molecule has 0 aromatic heterocycles. The molecule has 0 unspecified atom stereocenters. The van der Waals surface area contributed by atoms with Crippen LogP contribution in [0.4, 0.5) is 4.39 Å². The van der Waals surface area contributed by atoms with Crippen LogP contribution in [0, 0.1) is 5.82 Å². The Kier molecular flexibility index (Phi) is 5.94. The SMILES string of the molecule is O=C(CNC(=O)c1cccc(F)c1)OCc1ccc(-c2ccccc2)cc1. The van der Waals surface area contributed by atoms with Gasteiger partial charge in [0.05, 0.1) is 0 Å². The largest absolute Gasteiger partial charge is 0.460 e. The van der Waals surface area contributed by atoms with Crippen LogP contribution in [0.15, 0.2) is 78.9 Å². The number of rotatable bonds is 6. The number of halogens is 1. The lowest BCUT2D eigenvalue weighted by Gasteiger charge is -2.08. The van der Waals surface area contributed by atoms with Crippen molar-refractivity contribution in [2.75, 3.05) is 6.54 Å². The molecular weight excluding hydrogens is 345 g/mol. The van der Waals surface area contributed by atoms with Gasteiger partial charge in [-0.3, -0.25) is 9.59 Å². The zero-order valence-corrected chi connectivity index (χ0v) is 14.5. The van der Waals surface area contributed by atoms with Crippen molar-refractivity contribution < 1.29 is 18.7 Å². The van der Waals surface area contributed by atoms with Crippen LogP contribution in [0.3, 0.4) is 0 Å². The average molecular weight is 363 g/mol. The van der Waals surface area contributed by atoms with Crippen LogP contribution in [-0.4, -0.2) is 18.4 Å². The predicted molar refractivity (Wildman–Crippen MR) is 100 cm³/mol. The molecule has 136 valence electrons. The van der Waals surface area contributed by atoms with Crippen LogP contribution in [-0.2, 0) is 16.1 Å². The van der Waals surface area contributed by atoms with Gasteiger partial charge < -0.3 is 10.1 Å². The summed E-state index contributed by atoms with van der Waals surface area (Å²) in [5, 5.41) is 2.41. The minimum atomic E-state index is -0.563. The van der Waals surface area contributed by atoms with Gasteiger partial charge in [-0.15, -0.1) is 0 Å². The number of hydrogen-bond acceptors (Lipinski definition) is 3. The molecule has 0 atom stereocenters. The summed E-state index contributed by atoms with van der Waals surface area (Å²) < 4.78 is 18.3. The van der Waals surface area contributed by atoms with Gasteiger partial charge in [-0.2, -0.15) is 0 Å². The number of carbonyl (C=O) groups excluding carboxylic acids is 2. The van der Waals surface area contributed by atoms with Gasteiger partial charge in [0.25, 0.3) is 5.91 Å². The average Bonchev–Trinajstić information content (AvgIpc) is 2.71. The van der Waals surface area contributed by atoms with Gasteiger partial charge in [-0.05, 0) is 34.9 Å². The minimum Gasteiger partial charge on any atom is -0.460 e. The third kappa shape index (κ3) is 5.25. The maximum Gasteiger partial charge on any atom is 0.325 e. The lowest BCUT2D eigenvalue weighted by Crippen LogP contribution is -2.30. The molecule has 5 heteroatoms. The maximum absolute atomic E-state index is 13.1. The smallest absolute Gasteiger partial charge is 0.325 e. The van der Waals surface area contributed by atoms with E-state index in [1.807, 2.05) is 54.6 Å². The predicted octanol–water partition coefficient (Wildman–Crippen LogP) is 3.97. The third-order valence-corrected chi connectivity index (χ3v) is 3.94. The lowest BCUT2D eigenvalue weighted by atomic mass is 10.0. The summed E-state index contributed by atoms with van der Waals surface area (Å²) in [4.78, 5) is 23.7. The van der Waals surface area contributed by atoms with Crippen LogP contribution >= 0.6 is 0 Å². The number of ether oxygens (including phenoxy) is 1. The molecular formula is C22H18FNO3. The van der Waals surface area contributed by atoms with Gasteiger partial charge in [0.1, 0.15) is 19.0 Å². The highest BCUT2D eigenvalue weighted by atomic mass is 19.1. The topological polar surface area (TPSA) is 55.4 Å². The minimum absolute atomic E-state index is 0.115. The van der Waals surface area contributed by atoms with Gasteiger partial charge in [0.15, 0.2) is 0 Å². The Morgan fingerprint density at radius 3 is 2.26 bits per heavy atom. The first kappa shape index (κ1) is 18.3. The molecule has 3 aromatic rings. The highest BCUT2D eigenvalue weighted by Gasteiger charge is 2.10. The maximum atomic E-state index is 13.1. The second kappa shape index (κ2) is 8.76. The number of esters is 1. The molecule has 1 amide bonds. The van der Waals surface area contributed by atoms with Gasteiger partial charge in [-0.25, -0.2) is 4.39 Å². The van der Waals surface area contributed by atoms with Crippen molar-refractivity contribution in [3.05, 3.63) is 95.8 Å². The van der Waals surface area contributed by atoms with Crippen molar-refractivity contribution >= 4 is 11.9 Å². The van der Waals surface area contributed by atoms with Crippen LogP contribution in [0.2, 0.25) is 0 Å². The number of benzene rings is 3. The zero-order valence-electron chi connectivity index (χ0n) is 14.5. The van der Waals surface area contributed by atoms with E-state index in [0.29, 0.717) is 0 Å². The molecule has 0 radical (unpaired) electrons. The first-order valence-electron chi connectivity index (χ1n) is 8.45. The molecule has 3 aromatic carbocycles. The molecule has 0 aliphatic heterocycles. The van der Waals surface area contributed by atoms with E-state index in [1.165, 1.54) is 18.2 Å². The Labute approximate surface area is 156 Å². The zero-order chi connectivity index (χ0) is 19.1. The first-order chi connectivity index (χ1) is 13.1. The summed E-state index contributed by atoms with van der Waals surface area (Å²) in [5.41, 5.74) is 3.19. The van der Waals surface area contributed by atoms with Crippen molar-refractivity contribution in [2.45, 2.75) is 6.61 Å². The first-order valence-corrected chi connectivity index (χ1v) is 8.45. The third-order valence-electron chi connectivity index (χ3n) is 3.94.